The van der Waals surface area contributed by atoms with Crippen LogP contribution in [0, 0.1) is 12.3 Å². The Morgan fingerprint density at radius 1 is 1.50 bits per heavy atom. The summed E-state index contributed by atoms with van der Waals surface area (Å²) in [4.78, 5) is 17.0. The van der Waals surface area contributed by atoms with Crippen LogP contribution in [0.25, 0.3) is 0 Å². The number of hydrogen-bond acceptors (Lipinski definition) is 2. The zero-order chi connectivity index (χ0) is 12.8. The fourth-order valence-corrected chi connectivity index (χ4v) is 0.896. The highest BCUT2D eigenvalue weighted by molar-refractivity contribution is 5.90. The van der Waals surface area contributed by atoms with Crippen molar-refractivity contribution in [3.63, 3.8) is 0 Å². The SMILES string of the molecule is C#CCCN(C)C(C)=NC(=O)OC(C)(C)C. The van der Waals surface area contributed by atoms with Gasteiger partial charge in [-0.1, -0.05) is 0 Å². The lowest BCUT2D eigenvalue weighted by atomic mass is 10.2. The van der Waals surface area contributed by atoms with Crippen molar-refractivity contribution >= 4 is 11.9 Å². The van der Waals surface area contributed by atoms with Gasteiger partial charge in [-0.15, -0.1) is 12.3 Å². The Hall–Kier alpha value is -1.50. The molecule has 0 spiro atoms. The van der Waals surface area contributed by atoms with E-state index in [0.717, 1.165) is 0 Å². The highest BCUT2D eigenvalue weighted by atomic mass is 16.6. The molecule has 4 nitrogen and oxygen atoms in total. The van der Waals surface area contributed by atoms with Crippen molar-refractivity contribution in [2.45, 2.75) is 39.7 Å². The van der Waals surface area contributed by atoms with Gasteiger partial charge in [0.2, 0.25) is 0 Å². The molecule has 0 aromatic carbocycles. The van der Waals surface area contributed by atoms with Crippen LogP contribution in [0.1, 0.15) is 34.1 Å². The molecule has 0 saturated heterocycles. The molecule has 90 valence electrons. The number of ether oxygens (including phenoxy) is 1. The van der Waals surface area contributed by atoms with E-state index >= 15 is 0 Å². The summed E-state index contributed by atoms with van der Waals surface area (Å²) in [6.45, 7) is 7.84. The van der Waals surface area contributed by atoms with E-state index in [-0.39, 0.29) is 0 Å². The monoisotopic (exact) mass is 224 g/mol. The van der Waals surface area contributed by atoms with E-state index in [9.17, 15) is 4.79 Å². The Morgan fingerprint density at radius 3 is 2.50 bits per heavy atom. The highest BCUT2D eigenvalue weighted by Gasteiger charge is 2.16. The number of hydrogen-bond donors (Lipinski definition) is 0. The zero-order valence-electron chi connectivity index (χ0n) is 10.7. The second-order valence-electron chi connectivity index (χ2n) is 4.52. The number of carbonyl (C=O) groups is 1. The lowest BCUT2D eigenvalue weighted by molar-refractivity contribution is 0.0602. The van der Waals surface area contributed by atoms with Gasteiger partial charge in [0.15, 0.2) is 0 Å². The third kappa shape index (κ3) is 6.88. The van der Waals surface area contributed by atoms with Crippen molar-refractivity contribution in [3.8, 4) is 12.3 Å². The van der Waals surface area contributed by atoms with Gasteiger partial charge in [0.05, 0.1) is 0 Å². The molecule has 16 heavy (non-hydrogen) atoms. The molecule has 0 rings (SSSR count). The number of terminal acetylenes is 1. The van der Waals surface area contributed by atoms with Gasteiger partial charge < -0.3 is 9.64 Å². The smallest absolute Gasteiger partial charge is 0.435 e. The van der Waals surface area contributed by atoms with E-state index < -0.39 is 11.7 Å². The second-order valence-corrected chi connectivity index (χ2v) is 4.52. The first kappa shape index (κ1) is 14.5. The molecule has 0 aromatic heterocycles. The molecule has 4 heteroatoms. The quantitative estimate of drug-likeness (QED) is 0.410. The molecule has 0 aromatic rings. The molecule has 1 amide bonds. The molecule has 0 N–H and O–H groups in total. The van der Waals surface area contributed by atoms with Crippen LogP contribution in [0.3, 0.4) is 0 Å². The van der Waals surface area contributed by atoms with Crippen LogP contribution in [-0.4, -0.2) is 36.0 Å². The first-order valence-corrected chi connectivity index (χ1v) is 5.19. The molecule has 0 atom stereocenters. The number of carbonyl (C=O) groups excluding carboxylic acids is 1. The van der Waals surface area contributed by atoms with E-state index in [1.807, 2.05) is 11.9 Å². The Kier molecular flexibility index (Phi) is 5.59. The molecule has 0 heterocycles. The summed E-state index contributed by atoms with van der Waals surface area (Å²) in [5.74, 6) is 3.13. The maximum atomic E-state index is 11.4. The minimum Gasteiger partial charge on any atom is -0.442 e. The minimum atomic E-state index is -0.572. The Balaban J connectivity index is 4.31. The van der Waals surface area contributed by atoms with Crippen LogP contribution in [-0.2, 0) is 4.74 Å². The van der Waals surface area contributed by atoms with E-state index in [1.54, 1.807) is 27.7 Å². The van der Waals surface area contributed by atoms with Gasteiger partial charge in [0, 0.05) is 20.0 Å². The first-order valence-electron chi connectivity index (χ1n) is 5.19. The van der Waals surface area contributed by atoms with Gasteiger partial charge in [-0.25, -0.2) is 4.79 Å². The molecule has 0 radical (unpaired) electrons. The van der Waals surface area contributed by atoms with E-state index in [1.165, 1.54) is 0 Å². The number of rotatable bonds is 2. The largest absolute Gasteiger partial charge is 0.442 e. The summed E-state index contributed by atoms with van der Waals surface area (Å²) in [7, 11) is 1.83. The first-order chi connectivity index (χ1) is 7.26. The van der Waals surface area contributed by atoms with Gasteiger partial charge in [-0.2, -0.15) is 4.99 Å². The third-order valence-corrected chi connectivity index (χ3v) is 1.79. The predicted octanol–water partition coefficient (Wildman–Crippen LogP) is 2.29. The van der Waals surface area contributed by atoms with Crippen LogP contribution in [0.15, 0.2) is 4.99 Å². The van der Waals surface area contributed by atoms with Crippen molar-refractivity contribution in [2.24, 2.45) is 4.99 Å². The Labute approximate surface area is 97.7 Å². The maximum absolute atomic E-state index is 11.4. The molecule has 0 saturated carbocycles. The predicted molar refractivity (Wildman–Crippen MR) is 65.4 cm³/mol. The van der Waals surface area contributed by atoms with Gasteiger partial charge in [0.25, 0.3) is 0 Å². The average Bonchev–Trinajstić information content (AvgIpc) is 2.10. The lowest BCUT2D eigenvalue weighted by Gasteiger charge is -2.20. The summed E-state index contributed by atoms with van der Waals surface area (Å²) >= 11 is 0. The summed E-state index contributed by atoms with van der Waals surface area (Å²) in [5, 5.41) is 0. The summed E-state index contributed by atoms with van der Waals surface area (Å²) in [5.41, 5.74) is -0.516. The van der Waals surface area contributed by atoms with E-state index in [2.05, 4.69) is 10.9 Å². The maximum Gasteiger partial charge on any atom is 0.435 e. The standard InChI is InChI=1S/C12H20N2O2/c1-7-8-9-14(6)10(2)13-11(15)16-12(3,4)5/h1H,8-9H2,2-6H3. The fraction of sp³-hybridized carbons (Fsp3) is 0.667. The molecule has 0 aliphatic heterocycles. The number of nitrogens with zero attached hydrogens (tertiary/aromatic N) is 2. The van der Waals surface area contributed by atoms with Crippen molar-refractivity contribution < 1.29 is 9.53 Å². The molecule has 0 aliphatic rings. The van der Waals surface area contributed by atoms with Crippen molar-refractivity contribution in [1.82, 2.24) is 4.90 Å². The second kappa shape index (κ2) is 6.16. The van der Waals surface area contributed by atoms with Gasteiger partial charge in [-0.3, -0.25) is 0 Å². The Morgan fingerprint density at radius 2 is 2.06 bits per heavy atom. The fourth-order valence-electron chi connectivity index (χ4n) is 0.896. The molecule has 0 aliphatic carbocycles. The van der Waals surface area contributed by atoms with E-state index in [4.69, 9.17) is 11.2 Å². The molecule has 0 fully saturated rings. The van der Waals surface area contributed by atoms with Crippen LogP contribution in [0.4, 0.5) is 4.79 Å². The summed E-state index contributed by atoms with van der Waals surface area (Å²) in [6, 6.07) is 0. The van der Waals surface area contributed by atoms with E-state index in [0.29, 0.717) is 18.8 Å². The van der Waals surface area contributed by atoms with Crippen molar-refractivity contribution in [1.29, 1.82) is 0 Å². The molecule has 0 bridgehead atoms. The van der Waals surface area contributed by atoms with Crippen LogP contribution in [0.5, 0.6) is 0 Å². The summed E-state index contributed by atoms with van der Waals surface area (Å²) < 4.78 is 5.07. The normalized spacial score (nSPS) is 11.9. The third-order valence-electron chi connectivity index (χ3n) is 1.79. The number of aliphatic imine (C=N–C) groups is 1. The average molecular weight is 224 g/mol. The van der Waals surface area contributed by atoms with Gasteiger partial charge in [0.1, 0.15) is 11.4 Å². The number of amidine groups is 1. The van der Waals surface area contributed by atoms with Crippen molar-refractivity contribution in [2.75, 3.05) is 13.6 Å². The molecular weight excluding hydrogens is 204 g/mol. The van der Waals surface area contributed by atoms with Gasteiger partial charge in [-0.05, 0) is 27.7 Å². The molecular formula is C12H20N2O2. The van der Waals surface area contributed by atoms with Crippen LogP contribution in [0.2, 0.25) is 0 Å². The molecule has 0 unspecified atom stereocenters. The topological polar surface area (TPSA) is 41.9 Å². The van der Waals surface area contributed by atoms with Crippen LogP contribution < -0.4 is 0 Å². The highest BCUT2D eigenvalue weighted by Crippen LogP contribution is 2.08. The van der Waals surface area contributed by atoms with Crippen molar-refractivity contribution in [3.05, 3.63) is 0 Å². The Bertz CT molecular complexity index is 308. The zero-order valence-corrected chi connectivity index (χ0v) is 10.7. The van der Waals surface area contributed by atoms with Gasteiger partial charge >= 0.3 is 6.09 Å². The minimum absolute atomic E-state index is 0.516. The van der Waals surface area contributed by atoms with Crippen LogP contribution >= 0.6 is 0 Å². The number of amides is 1. The summed E-state index contributed by atoms with van der Waals surface area (Å²) in [6.07, 6.45) is 5.20. The lowest BCUT2D eigenvalue weighted by Crippen LogP contribution is -2.28.